The zero-order valence-corrected chi connectivity index (χ0v) is 19.5. The van der Waals surface area contributed by atoms with Crippen LogP contribution in [0.25, 0.3) is 11.1 Å². The number of nitrogens with one attached hydrogen (secondary N) is 2. The summed E-state index contributed by atoms with van der Waals surface area (Å²) in [6.07, 6.45) is -7.47. The topological polar surface area (TPSA) is 105 Å². The molecule has 0 bridgehead atoms. The highest BCUT2D eigenvalue weighted by Gasteiger charge is 2.43. The normalized spacial score (nSPS) is 14.9. The van der Waals surface area contributed by atoms with Crippen molar-refractivity contribution in [2.45, 2.75) is 51.4 Å². The van der Waals surface area contributed by atoms with Crippen molar-refractivity contribution >= 4 is 18.0 Å². The number of carboxylic acid groups (broad SMARTS) is 1. The summed E-state index contributed by atoms with van der Waals surface area (Å²) < 4.78 is 45.8. The predicted molar refractivity (Wildman–Crippen MR) is 122 cm³/mol. The standard InChI is InChI=1S/C25H27F3N2O5/c1-24(2,3)21(22(32)33)30-20(31)12-19(25(26,27)28)29-23(34)35-13-18-16-10-6-4-8-14(16)15-9-5-7-11-17(15)18/h4-11,18-19,21H,12-13H2,1-3H3,(H,29,34)(H,30,31)(H,32,33). The van der Waals surface area contributed by atoms with Gasteiger partial charge in [0.15, 0.2) is 0 Å². The number of halogens is 3. The molecule has 0 aliphatic heterocycles. The lowest BCUT2D eigenvalue weighted by atomic mass is 9.86. The van der Waals surface area contributed by atoms with E-state index in [9.17, 15) is 32.7 Å². The van der Waals surface area contributed by atoms with Gasteiger partial charge in [-0.2, -0.15) is 13.2 Å². The Morgan fingerprint density at radius 3 is 1.91 bits per heavy atom. The van der Waals surface area contributed by atoms with Crippen LogP contribution < -0.4 is 10.6 Å². The van der Waals surface area contributed by atoms with E-state index < -0.39 is 48.1 Å². The Morgan fingerprint density at radius 2 is 1.46 bits per heavy atom. The smallest absolute Gasteiger partial charge is 0.409 e. The van der Waals surface area contributed by atoms with Crippen LogP contribution in [0.4, 0.5) is 18.0 Å². The van der Waals surface area contributed by atoms with Gasteiger partial charge in [0.1, 0.15) is 18.7 Å². The molecule has 0 saturated heterocycles. The van der Waals surface area contributed by atoms with Crippen LogP contribution in [0.5, 0.6) is 0 Å². The molecule has 0 heterocycles. The van der Waals surface area contributed by atoms with Gasteiger partial charge in [-0.3, -0.25) is 4.79 Å². The number of alkyl halides is 3. The van der Waals surface area contributed by atoms with Crippen molar-refractivity contribution < 1.29 is 37.4 Å². The molecule has 7 nitrogen and oxygen atoms in total. The third kappa shape index (κ3) is 6.12. The molecule has 0 fully saturated rings. The Hall–Kier alpha value is -3.56. The molecule has 0 aromatic heterocycles. The van der Waals surface area contributed by atoms with Crippen LogP contribution in [-0.2, 0) is 14.3 Å². The first-order chi connectivity index (χ1) is 16.3. The van der Waals surface area contributed by atoms with Crippen molar-refractivity contribution in [3.63, 3.8) is 0 Å². The number of rotatable bonds is 7. The van der Waals surface area contributed by atoms with Crippen molar-refractivity contribution in [3.05, 3.63) is 59.7 Å². The Labute approximate surface area is 200 Å². The second-order valence-electron chi connectivity index (χ2n) is 9.47. The van der Waals surface area contributed by atoms with Gasteiger partial charge in [-0.15, -0.1) is 0 Å². The first kappa shape index (κ1) is 26.1. The molecule has 1 aliphatic rings. The van der Waals surface area contributed by atoms with Crippen LogP contribution in [0.3, 0.4) is 0 Å². The van der Waals surface area contributed by atoms with Crippen LogP contribution in [0, 0.1) is 5.41 Å². The third-order valence-corrected chi connectivity index (χ3v) is 5.84. The number of fused-ring (bicyclic) bond motifs is 3. The number of amides is 2. The van der Waals surface area contributed by atoms with E-state index in [0.717, 1.165) is 22.3 Å². The molecule has 10 heteroatoms. The fourth-order valence-electron chi connectivity index (χ4n) is 4.08. The molecule has 0 saturated carbocycles. The Kier molecular flexibility index (Phi) is 7.42. The highest BCUT2D eigenvalue weighted by atomic mass is 19.4. The fourth-order valence-corrected chi connectivity index (χ4v) is 4.08. The van der Waals surface area contributed by atoms with Crippen molar-refractivity contribution in [2.75, 3.05) is 6.61 Å². The summed E-state index contributed by atoms with van der Waals surface area (Å²) in [7, 11) is 0. The van der Waals surface area contributed by atoms with E-state index in [-0.39, 0.29) is 12.5 Å². The largest absolute Gasteiger partial charge is 0.480 e. The molecule has 0 radical (unpaired) electrons. The molecule has 0 spiro atoms. The summed E-state index contributed by atoms with van der Waals surface area (Å²) in [5, 5.41) is 13.1. The lowest BCUT2D eigenvalue weighted by molar-refractivity contribution is -0.161. The van der Waals surface area contributed by atoms with Gasteiger partial charge in [0.25, 0.3) is 0 Å². The predicted octanol–water partition coefficient (Wildman–Crippen LogP) is 4.46. The molecule has 35 heavy (non-hydrogen) atoms. The van der Waals surface area contributed by atoms with E-state index in [2.05, 4.69) is 5.32 Å². The van der Waals surface area contributed by atoms with Gasteiger partial charge in [-0.05, 0) is 27.7 Å². The number of benzene rings is 2. The first-order valence-electron chi connectivity index (χ1n) is 11.0. The molecular formula is C25H27F3N2O5. The van der Waals surface area contributed by atoms with E-state index >= 15 is 0 Å². The number of hydrogen-bond donors (Lipinski definition) is 3. The van der Waals surface area contributed by atoms with Crippen LogP contribution in [0.1, 0.15) is 44.2 Å². The molecule has 188 valence electrons. The minimum atomic E-state index is -4.95. The van der Waals surface area contributed by atoms with Crippen molar-refractivity contribution in [1.29, 1.82) is 0 Å². The summed E-state index contributed by atoms with van der Waals surface area (Å²) in [6, 6.07) is 11.1. The maximum Gasteiger partial charge on any atom is 0.409 e. The Morgan fingerprint density at radius 1 is 0.943 bits per heavy atom. The second-order valence-corrected chi connectivity index (χ2v) is 9.47. The molecule has 2 amide bonds. The Balaban J connectivity index is 1.66. The van der Waals surface area contributed by atoms with Crippen molar-refractivity contribution in [1.82, 2.24) is 10.6 Å². The minimum absolute atomic E-state index is 0.193. The maximum atomic E-state index is 13.5. The molecule has 2 aromatic rings. The molecule has 2 unspecified atom stereocenters. The number of aliphatic carboxylic acids is 1. The van der Waals surface area contributed by atoms with E-state index in [1.807, 2.05) is 48.5 Å². The maximum absolute atomic E-state index is 13.5. The van der Waals surface area contributed by atoms with Gasteiger partial charge in [0.05, 0.1) is 6.42 Å². The summed E-state index contributed by atoms with van der Waals surface area (Å²) in [4.78, 5) is 35.9. The zero-order chi connectivity index (χ0) is 26.0. The fraction of sp³-hybridized carbons (Fsp3) is 0.400. The molecule has 1 aliphatic carbocycles. The number of carboxylic acids is 1. The van der Waals surface area contributed by atoms with Crippen LogP contribution in [0.15, 0.2) is 48.5 Å². The molecular weight excluding hydrogens is 465 g/mol. The number of alkyl carbamates (subject to hydrolysis) is 1. The van der Waals surface area contributed by atoms with E-state index in [1.165, 1.54) is 20.8 Å². The number of hydrogen-bond acceptors (Lipinski definition) is 4. The first-order valence-corrected chi connectivity index (χ1v) is 11.0. The molecule has 2 aromatic carbocycles. The van der Waals surface area contributed by atoms with Gasteiger partial charge in [0, 0.05) is 5.92 Å². The van der Waals surface area contributed by atoms with Gasteiger partial charge >= 0.3 is 18.2 Å². The quantitative estimate of drug-likeness (QED) is 0.529. The third-order valence-electron chi connectivity index (χ3n) is 5.84. The average molecular weight is 492 g/mol. The summed E-state index contributed by atoms with van der Waals surface area (Å²) in [6.45, 7) is 4.40. The SMILES string of the molecule is CC(C)(C)C(NC(=O)CC(NC(=O)OCC1c2ccccc2-c2ccccc21)C(F)(F)F)C(=O)O. The average Bonchev–Trinajstić information content (AvgIpc) is 3.08. The van der Waals surface area contributed by atoms with Gasteiger partial charge in [-0.1, -0.05) is 69.3 Å². The number of carbonyl (C=O) groups is 3. The van der Waals surface area contributed by atoms with E-state index in [4.69, 9.17) is 4.74 Å². The van der Waals surface area contributed by atoms with Crippen LogP contribution in [0.2, 0.25) is 0 Å². The molecule has 3 rings (SSSR count). The molecule has 2 atom stereocenters. The summed E-state index contributed by atoms with van der Waals surface area (Å²) >= 11 is 0. The van der Waals surface area contributed by atoms with Gasteiger partial charge < -0.3 is 20.5 Å². The molecule has 3 N–H and O–H groups in total. The Bertz CT molecular complexity index is 1070. The van der Waals surface area contributed by atoms with E-state index in [1.54, 1.807) is 5.32 Å². The number of carbonyl (C=O) groups excluding carboxylic acids is 2. The summed E-state index contributed by atoms with van der Waals surface area (Å²) in [5.74, 6) is -2.88. The highest BCUT2D eigenvalue weighted by molar-refractivity contribution is 5.85. The zero-order valence-electron chi connectivity index (χ0n) is 19.5. The number of ether oxygens (including phenoxy) is 1. The lowest BCUT2D eigenvalue weighted by Gasteiger charge is -2.29. The van der Waals surface area contributed by atoms with Crippen molar-refractivity contribution in [2.24, 2.45) is 5.41 Å². The highest BCUT2D eigenvalue weighted by Crippen LogP contribution is 2.44. The summed E-state index contributed by atoms with van der Waals surface area (Å²) in [5.41, 5.74) is 2.79. The van der Waals surface area contributed by atoms with Crippen LogP contribution in [-0.4, -0.2) is 47.9 Å². The van der Waals surface area contributed by atoms with E-state index in [0.29, 0.717) is 0 Å². The van der Waals surface area contributed by atoms with Gasteiger partial charge in [-0.25, -0.2) is 9.59 Å². The van der Waals surface area contributed by atoms with Crippen LogP contribution >= 0.6 is 0 Å². The lowest BCUT2D eigenvalue weighted by Crippen LogP contribution is -2.53. The minimum Gasteiger partial charge on any atom is -0.480 e. The second kappa shape index (κ2) is 9.97. The van der Waals surface area contributed by atoms with Crippen molar-refractivity contribution in [3.8, 4) is 11.1 Å². The van der Waals surface area contributed by atoms with Gasteiger partial charge in [0.2, 0.25) is 5.91 Å². The monoisotopic (exact) mass is 492 g/mol.